The van der Waals surface area contributed by atoms with Crippen LogP contribution in [0, 0.1) is 6.92 Å². The molecule has 1 N–H and O–H groups in total. The normalized spacial score (nSPS) is 15.1. The number of rotatable bonds is 9. The highest BCUT2D eigenvalue weighted by atomic mass is 19.4. The number of aromatic nitrogens is 3. The van der Waals surface area contributed by atoms with E-state index in [2.05, 4.69) is 15.4 Å². The number of carbonyl (C=O) groups is 1. The molecule has 0 bridgehead atoms. The minimum absolute atomic E-state index is 0.200. The van der Waals surface area contributed by atoms with Gasteiger partial charge in [-0.3, -0.25) is 14.5 Å². The van der Waals surface area contributed by atoms with Crippen molar-refractivity contribution in [2.75, 3.05) is 39.4 Å². The maximum absolute atomic E-state index is 13.1. The molecule has 1 fully saturated rings. The number of pyridine rings is 1. The smallest absolute Gasteiger partial charge is 0.422 e. The minimum Gasteiger partial charge on any atom is -0.493 e. The Labute approximate surface area is 232 Å². The lowest BCUT2D eigenvalue weighted by atomic mass is 10.1. The predicted octanol–water partition coefficient (Wildman–Crippen LogP) is 5.70. The second kappa shape index (κ2) is 11.5. The number of nitrogens with one attached hydrogen (secondary N) is 1. The van der Waals surface area contributed by atoms with Gasteiger partial charge in [0.15, 0.2) is 29.5 Å². The molecule has 5 rings (SSSR count). The Morgan fingerprint density at radius 1 is 1.07 bits per heavy atom. The number of alkyl halides is 3. The van der Waals surface area contributed by atoms with Gasteiger partial charge in [-0.25, -0.2) is 0 Å². The molecule has 0 spiro atoms. The second-order valence-electron chi connectivity index (χ2n) is 9.31. The molecule has 13 heteroatoms. The first-order valence-corrected chi connectivity index (χ1v) is 12.6. The molecule has 2 aromatic carbocycles. The summed E-state index contributed by atoms with van der Waals surface area (Å²) in [5, 5.41) is 7.61. The van der Waals surface area contributed by atoms with Crippen molar-refractivity contribution in [1.82, 2.24) is 14.8 Å². The number of aryl methyl sites for hydroxylation is 1. The van der Waals surface area contributed by atoms with E-state index >= 15 is 0 Å². The number of fused-ring (bicyclic) bond motifs is 1. The van der Waals surface area contributed by atoms with E-state index in [0.717, 1.165) is 0 Å². The zero-order valence-electron chi connectivity index (χ0n) is 22.4. The topological polar surface area (TPSA) is 106 Å². The Hall–Kier alpha value is -4.52. The SMILES string of the molecule is COc1cc2nccc(Oc3ccc(NC(=O)c4nn(C5CCOC5)cc4OCC(F)(F)F)cc3C)c2cc1OC. The predicted molar refractivity (Wildman–Crippen MR) is 142 cm³/mol. The van der Waals surface area contributed by atoms with Crippen LogP contribution in [0.4, 0.5) is 18.9 Å². The quantitative estimate of drug-likeness (QED) is 0.272. The molecule has 2 aromatic heterocycles. The molecule has 1 aliphatic heterocycles. The average molecular weight is 573 g/mol. The van der Waals surface area contributed by atoms with E-state index in [9.17, 15) is 18.0 Å². The summed E-state index contributed by atoms with van der Waals surface area (Å²) in [5.74, 6) is 1.13. The summed E-state index contributed by atoms with van der Waals surface area (Å²) in [7, 11) is 3.08. The molecule has 3 heterocycles. The highest BCUT2D eigenvalue weighted by Crippen LogP contribution is 2.38. The van der Waals surface area contributed by atoms with Gasteiger partial charge in [0.2, 0.25) is 0 Å². The zero-order valence-corrected chi connectivity index (χ0v) is 22.4. The summed E-state index contributed by atoms with van der Waals surface area (Å²) in [6.45, 7) is 1.09. The summed E-state index contributed by atoms with van der Waals surface area (Å²) < 4.78 is 67.1. The number of anilines is 1. The molecule has 0 radical (unpaired) electrons. The van der Waals surface area contributed by atoms with Gasteiger partial charge in [-0.15, -0.1) is 0 Å². The number of amides is 1. The summed E-state index contributed by atoms with van der Waals surface area (Å²) in [6, 6.07) is 10.0. The lowest BCUT2D eigenvalue weighted by Gasteiger charge is -2.14. The lowest BCUT2D eigenvalue weighted by Crippen LogP contribution is -2.21. The Kier molecular flexibility index (Phi) is 7.88. The highest BCUT2D eigenvalue weighted by molar-refractivity contribution is 6.04. The number of nitrogens with zero attached hydrogens (tertiary/aromatic N) is 3. The van der Waals surface area contributed by atoms with Crippen molar-refractivity contribution in [3.8, 4) is 28.7 Å². The van der Waals surface area contributed by atoms with Crippen molar-refractivity contribution >= 4 is 22.5 Å². The Morgan fingerprint density at radius 3 is 2.54 bits per heavy atom. The van der Waals surface area contributed by atoms with E-state index < -0.39 is 18.7 Å². The van der Waals surface area contributed by atoms with Crippen LogP contribution >= 0.6 is 0 Å². The highest BCUT2D eigenvalue weighted by Gasteiger charge is 2.31. The third kappa shape index (κ3) is 6.30. The molecule has 41 heavy (non-hydrogen) atoms. The van der Waals surface area contributed by atoms with Crippen LogP contribution in [0.3, 0.4) is 0 Å². The zero-order chi connectivity index (χ0) is 29.1. The molecule has 1 amide bonds. The van der Waals surface area contributed by atoms with Crippen LogP contribution < -0.4 is 24.3 Å². The monoisotopic (exact) mass is 572 g/mol. The van der Waals surface area contributed by atoms with Gasteiger partial charge in [0.25, 0.3) is 5.91 Å². The molecule has 0 aliphatic carbocycles. The van der Waals surface area contributed by atoms with Gasteiger partial charge < -0.3 is 29.0 Å². The Bertz CT molecular complexity index is 1570. The molecular formula is C28H27F3N4O6. The fourth-order valence-corrected chi connectivity index (χ4v) is 4.40. The van der Waals surface area contributed by atoms with E-state index in [1.54, 1.807) is 56.6 Å². The molecule has 1 saturated heterocycles. The van der Waals surface area contributed by atoms with E-state index in [0.29, 0.717) is 64.8 Å². The molecule has 216 valence electrons. The van der Waals surface area contributed by atoms with Crippen molar-refractivity contribution in [2.24, 2.45) is 0 Å². The number of methoxy groups -OCH3 is 2. The van der Waals surface area contributed by atoms with Crippen molar-refractivity contribution in [1.29, 1.82) is 0 Å². The first kappa shape index (κ1) is 28.0. The Balaban J connectivity index is 1.36. The molecule has 4 aromatic rings. The molecule has 1 atom stereocenters. The van der Waals surface area contributed by atoms with E-state index in [1.165, 1.54) is 18.0 Å². The fraction of sp³-hybridized carbons (Fsp3) is 0.321. The summed E-state index contributed by atoms with van der Waals surface area (Å²) in [6.07, 6.45) is -1.04. The number of carbonyl (C=O) groups excluding carboxylic acids is 1. The van der Waals surface area contributed by atoms with Crippen molar-refractivity contribution in [3.63, 3.8) is 0 Å². The average Bonchev–Trinajstić information content (AvgIpc) is 3.63. The number of hydrogen-bond acceptors (Lipinski definition) is 8. The summed E-state index contributed by atoms with van der Waals surface area (Å²) >= 11 is 0. The maximum atomic E-state index is 13.1. The maximum Gasteiger partial charge on any atom is 0.422 e. The first-order valence-electron chi connectivity index (χ1n) is 12.6. The van der Waals surface area contributed by atoms with Crippen LogP contribution in [-0.4, -0.2) is 60.9 Å². The molecule has 1 unspecified atom stereocenters. The number of halogens is 3. The van der Waals surface area contributed by atoms with Gasteiger partial charge >= 0.3 is 6.18 Å². The number of ether oxygens (including phenoxy) is 5. The summed E-state index contributed by atoms with van der Waals surface area (Å²) in [4.78, 5) is 17.5. The van der Waals surface area contributed by atoms with Crippen LogP contribution in [0.15, 0.2) is 48.8 Å². The third-order valence-corrected chi connectivity index (χ3v) is 6.44. The Morgan fingerprint density at radius 2 is 1.85 bits per heavy atom. The largest absolute Gasteiger partial charge is 0.493 e. The summed E-state index contributed by atoms with van der Waals surface area (Å²) in [5.41, 5.74) is 1.47. The van der Waals surface area contributed by atoms with Crippen LogP contribution in [-0.2, 0) is 4.74 Å². The van der Waals surface area contributed by atoms with Crippen LogP contribution in [0.1, 0.15) is 28.5 Å². The molecular weight excluding hydrogens is 545 g/mol. The first-order chi connectivity index (χ1) is 19.6. The minimum atomic E-state index is -4.57. The van der Waals surface area contributed by atoms with Crippen molar-refractivity contribution < 1.29 is 41.7 Å². The van der Waals surface area contributed by atoms with Gasteiger partial charge in [-0.2, -0.15) is 18.3 Å². The van der Waals surface area contributed by atoms with Gasteiger partial charge in [0.05, 0.1) is 38.6 Å². The molecule has 1 aliphatic rings. The van der Waals surface area contributed by atoms with E-state index in [-0.39, 0.29) is 17.5 Å². The molecule has 0 saturated carbocycles. The third-order valence-electron chi connectivity index (χ3n) is 6.44. The van der Waals surface area contributed by atoms with E-state index in [1.807, 2.05) is 0 Å². The van der Waals surface area contributed by atoms with Crippen molar-refractivity contribution in [3.05, 3.63) is 60.0 Å². The van der Waals surface area contributed by atoms with Crippen molar-refractivity contribution in [2.45, 2.75) is 25.6 Å². The van der Waals surface area contributed by atoms with Gasteiger partial charge in [-0.1, -0.05) is 0 Å². The van der Waals surface area contributed by atoms with E-state index in [4.69, 9.17) is 23.7 Å². The second-order valence-corrected chi connectivity index (χ2v) is 9.31. The lowest BCUT2D eigenvalue weighted by molar-refractivity contribution is -0.153. The van der Waals surface area contributed by atoms with Gasteiger partial charge in [0, 0.05) is 29.9 Å². The standard InChI is InChI=1S/C28H27F3N4O6/c1-16-10-17(4-5-21(16)41-22-6-8-32-20-12-24(38-3)23(37-2)11-19(20)22)33-27(36)26-25(40-15-28(29,30)31)13-35(34-26)18-7-9-39-14-18/h4-6,8,10-13,18H,7,9,14-15H2,1-3H3,(H,33,36). The molecule has 10 nitrogen and oxygen atoms in total. The number of hydrogen-bond donors (Lipinski definition) is 1. The van der Waals surface area contributed by atoms with Gasteiger partial charge in [0.1, 0.15) is 11.5 Å². The fourth-order valence-electron chi connectivity index (χ4n) is 4.40. The van der Waals surface area contributed by atoms with Gasteiger partial charge in [-0.05, 0) is 49.2 Å². The van der Waals surface area contributed by atoms with Crippen LogP contribution in [0.5, 0.6) is 28.7 Å². The van der Waals surface area contributed by atoms with Crippen LogP contribution in [0.25, 0.3) is 10.9 Å². The van der Waals surface area contributed by atoms with Crippen LogP contribution in [0.2, 0.25) is 0 Å². The number of benzene rings is 2.